The van der Waals surface area contributed by atoms with Gasteiger partial charge in [0.25, 0.3) is 0 Å². The standard InChI is InChI=1S/C14H20O5/c1-3-10(13(18)19)14(8-7-9(2)15)11(16)5-4-6-12(14)17/h10H,3-8H2,1-2H3,(H,18,19). The highest BCUT2D eigenvalue weighted by Gasteiger charge is 2.54. The summed E-state index contributed by atoms with van der Waals surface area (Å²) in [4.78, 5) is 47.0. The van der Waals surface area contributed by atoms with Crippen LogP contribution in [0.2, 0.25) is 0 Å². The highest BCUT2D eigenvalue weighted by Crippen LogP contribution is 2.43. The van der Waals surface area contributed by atoms with E-state index < -0.39 is 17.3 Å². The van der Waals surface area contributed by atoms with E-state index >= 15 is 0 Å². The molecule has 1 aliphatic carbocycles. The number of aliphatic carboxylic acids is 1. The highest BCUT2D eigenvalue weighted by atomic mass is 16.4. The molecule has 1 aliphatic rings. The molecule has 1 saturated carbocycles. The van der Waals surface area contributed by atoms with Crippen LogP contribution in [-0.4, -0.2) is 28.4 Å². The van der Waals surface area contributed by atoms with Crippen LogP contribution in [0, 0.1) is 11.3 Å². The van der Waals surface area contributed by atoms with E-state index in [1.54, 1.807) is 6.92 Å². The molecule has 0 amide bonds. The van der Waals surface area contributed by atoms with Crippen molar-refractivity contribution in [1.29, 1.82) is 0 Å². The fourth-order valence-corrected chi connectivity index (χ4v) is 2.96. The summed E-state index contributed by atoms with van der Waals surface area (Å²) in [5, 5.41) is 9.30. The Bertz CT molecular complexity index is 394. The van der Waals surface area contributed by atoms with Crippen LogP contribution in [0.3, 0.4) is 0 Å². The van der Waals surface area contributed by atoms with E-state index in [0.717, 1.165) is 0 Å². The molecule has 0 aromatic rings. The summed E-state index contributed by atoms with van der Waals surface area (Å²) in [6.45, 7) is 3.04. The Balaban J connectivity index is 3.20. The molecule has 1 unspecified atom stereocenters. The third-order valence-corrected chi connectivity index (χ3v) is 3.98. The topological polar surface area (TPSA) is 88.5 Å². The Kier molecular flexibility index (Phi) is 4.97. The van der Waals surface area contributed by atoms with E-state index in [9.17, 15) is 24.3 Å². The Morgan fingerprint density at radius 3 is 2.16 bits per heavy atom. The molecule has 1 N–H and O–H groups in total. The van der Waals surface area contributed by atoms with E-state index in [0.29, 0.717) is 6.42 Å². The Hall–Kier alpha value is -1.52. The van der Waals surface area contributed by atoms with Gasteiger partial charge in [-0.3, -0.25) is 14.4 Å². The predicted molar refractivity (Wildman–Crippen MR) is 67.6 cm³/mol. The van der Waals surface area contributed by atoms with Crippen LogP contribution in [0.4, 0.5) is 0 Å². The molecule has 0 aromatic heterocycles. The van der Waals surface area contributed by atoms with Gasteiger partial charge in [0.05, 0.1) is 5.92 Å². The predicted octanol–water partition coefficient (Wildman–Crippen LogP) is 1.77. The molecule has 1 rings (SSSR count). The fourth-order valence-electron chi connectivity index (χ4n) is 2.96. The number of ketones is 3. The van der Waals surface area contributed by atoms with Gasteiger partial charge in [0, 0.05) is 19.3 Å². The number of carbonyl (C=O) groups is 4. The second kappa shape index (κ2) is 6.08. The number of hydrogen-bond acceptors (Lipinski definition) is 4. The van der Waals surface area contributed by atoms with Gasteiger partial charge in [-0.05, 0) is 26.2 Å². The maximum absolute atomic E-state index is 12.2. The molecular weight excluding hydrogens is 248 g/mol. The van der Waals surface area contributed by atoms with Crippen LogP contribution in [0.1, 0.15) is 52.4 Å². The Labute approximate surface area is 112 Å². The molecule has 0 aliphatic heterocycles. The van der Waals surface area contributed by atoms with Crippen molar-refractivity contribution < 1.29 is 24.3 Å². The van der Waals surface area contributed by atoms with Crippen molar-refractivity contribution in [2.75, 3.05) is 0 Å². The molecule has 106 valence electrons. The summed E-state index contributed by atoms with van der Waals surface area (Å²) in [5.74, 6) is -2.90. The summed E-state index contributed by atoms with van der Waals surface area (Å²) in [7, 11) is 0. The van der Waals surface area contributed by atoms with E-state index in [1.165, 1.54) is 6.92 Å². The van der Waals surface area contributed by atoms with Crippen molar-refractivity contribution in [1.82, 2.24) is 0 Å². The van der Waals surface area contributed by atoms with Crippen molar-refractivity contribution in [3.05, 3.63) is 0 Å². The molecular formula is C14H20O5. The maximum atomic E-state index is 12.2. The van der Waals surface area contributed by atoms with Gasteiger partial charge in [0.15, 0.2) is 0 Å². The number of Topliss-reactive ketones (excluding diaryl/α,β-unsaturated/α-hetero) is 3. The minimum atomic E-state index is -1.48. The number of carboxylic acid groups (broad SMARTS) is 1. The van der Waals surface area contributed by atoms with Crippen LogP contribution in [-0.2, 0) is 19.2 Å². The Morgan fingerprint density at radius 1 is 1.26 bits per heavy atom. The van der Waals surface area contributed by atoms with Crippen LogP contribution >= 0.6 is 0 Å². The fraction of sp³-hybridized carbons (Fsp3) is 0.714. The molecule has 0 aromatic carbocycles. The first-order valence-electron chi connectivity index (χ1n) is 6.65. The summed E-state index contributed by atoms with van der Waals surface area (Å²) in [6.07, 6.45) is 1.26. The molecule has 19 heavy (non-hydrogen) atoms. The molecule has 0 heterocycles. The average molecular weight is 268 g/mol. The lowest BCUT2D eigenvalue weighted by Gasteiger charge is -2.38. The van der Waals surface area contributed by atoms with E-state index in [4.69, 9.17) is 0 Å². The van der Waals surface area contributed by atoms with Gasteiger partial charge < -0.3 is 9.90 Å². The lowest BCUT2D eigenvalue weighted by atomic mass is 9.61. The molecule has 5 heteroatoms. The van der Waals surface area contributed by atoms with E-state index in [-0.39, 0.29) is 49.5 Å². The summed E-state index contributed by atoms with van der Waals surface area (Å²) >= 11 is 0. The summed E-state index contributed by atoms with van der Waals surface area (Å²) < 4.78 is 0. The van der Waals surface area contributed by atoms with Crippen molar-refractivity contribution in [3.63, 3.8) is 0 Å². The minimum Gasteiger partial charge on any atom is -0.481 e. The van der Waals surface area contributed by atoms with Gasteiger partial charge in [-0.25, -0.2) is 0 Å². The van der Waals surface area contributed by atoms with Crippen LogP contribution in [0.25, 0.3) is 0 Å². The van der Waals surface area contributed by atoms with Gasteiger partial charge in [-0.1, -0.05) is 6.92 Å². The van der Waals surface area contributed by atoms with Crippen molar-refractivity contribution in [2.24, 2.45) is 11.3 Å². The number of rotatable bonds is 6. The SMILES string of the molecule is CCC(C(=O)O)C1(CCC(C)=O)C(=O)CCCC1=O. The largest absolute Gasteiger partial charge is 0.481 e. The third-order valence-electron chi connectivity index (χ3n) is 3.98. The molecule has 1 fully saturated rings. The first-order chi connectivity index (χ1) is 8.86. The second-order valence-corrected chi connectivity index (χ2v) is 5.17. The zero-order valence-electron chi connectivity index (χ0n) is 11.4. The monoisotopic (exact) mass is 268 g/mol. The van der Waals surface area contributed by atoms with Crippen LogP contribution in [0.15, 0.2) is 0 Å². The molecule has 5 nitrogen and oxygen atoms in total. The lowest BCUT2D eigenvalue weighted by Crippen LogP contribution is -2.51. The maximum Gasteiger partial charge on any atom is 0.307 e. The molecule has 0 bridgehead atoms. The third kappa shape index (κ3) is 2.91. The summed E-state index contributed by atoms with van der Waals surface area (Å²) in [6, 6.07) is 0. The molecule has 0 saturated heterocycles. The van der Waals surface area contributed by atoms with Crippen molar-refractivity contribution >= 4 is 23.3 Å². The highest BCUT2D eigenvalue weighted by molar-refractivity contribution is 6.11. The smallest absolute Gasteiger partial charge is 0.307 e. The zero-order chi connectivity index (χ0) is 14.6. The molecule has 0 radical (unpaired) electrons. The van der Waals surface area contributed by atoms with Gasteiger partial charge >= 0.3 is 5.97 Å². The first-order valence-corrected chi connectivity index (χ1v) is 6.65. The lowest BCUT2D eigenvalue weighted by molar-refractivity contribution is -0.161. The van der Waals surface area contributed by atoms with Gasteiger partial charge in [0.2, 0.25) is 0 Å². The van der Waals surface area contributed by atoms with Crippen LogP contribution in [0.5, 0.6) is 0 Å². The second-order valence-electron chi connectivity index (χ2n) is 5.17. The quantitative estimate of drug-likeness (QED) is 0.742. The average Bonchev–Trinajstić information content (AvgIpc) is 2.31. The minimum absolute atomic E-state index is 0.0325. The normalized spacial score (nSPS) is 20.1. The van der Waals surface area contributed by atoms with Crippen LogP contribution < -0.4 is 0 Å². The van der Waals surface area contributed by atoms with Crippen molar-refractivity contribution in [3.8, 4) is 0 Å². The van der Waals surface area contributed by atoms with Gasteiger partial charge in [-0.2, -0.15) is 0 Å². The Morgan fingerprint density at radius 2 is 1.79 bits per heavy atom. The van der Waals surface area contributed by atoms with E-state index in [1.807, 2.05) is 0 Å². The summed E-state index contributed by atoms with van der Waals surface area (Å²) in [5.41, 5.74) is -1.48. The number of carbonyl (C=O) groups excluding carboxylic acids is 3. The van der Waals surface area contributed by atoms with E-state index in [2.05, 4.69) is 0 Å². The van der Waals surface area contributed by atoms with Gasteiger partial charge in [-0.15, -0.1) is 0 Å². The number of carboxylic acids is 1. The molecule has 1 atom stereocenters. The first kappa shape index (κ1) is 15.5. The zero-order valence-corrected chi connectivity index (χ0v) is 11.4. The molecule has 0 spiro atoms. The van der Waals surface area contributed by atoms with Crippen molar-refractivity contribution in [2.45, 2.75) is 52.4 Å². The van der Waals surface area contributed by atoms with Gasteiger partial charge in [0.1, 0.15) is 22.8 Å². The number of hydrogen-bond donors (Lipinski definition) is 1.